The van der Waals surface area contributed by atoms with Gasteiger partial charge in [0.15, 0.2) is 5.65 Å². The summed E-state index contributed by atoms with van der Waals surface area (Å²) in [6, 6.07) is 7.19. The number of hydrogen-bond donors (Lipinski definition) is 1. The van der Waals surface area contributed by atoms with E-state index in [9.17, 15) is 8.78 Å². The molecule has 106 valence electrons. The summed E-state index contributed by atoms with van der Waals surface area (Å²) in [4.78, 5) is 4.20. The van der Waals surface area contributed by atoms with Gasteiger partial charge in [-0.25, -0.2) is 18.4 Å². The van der Waals surface area contributed by atoms with Gasteiger partial charge in [0.25, 0.3) is 0 Å². The molecule has 3 aromatic rings. The van der Waals surface area contributed by atoms with Crippen LogP contribution in [0.1, 0.15) is 18.0 Å². The number of benzene rings is 1. The molecule has 1 aliphatic rings. The molecule has 0 saturated heterocycles. The van der Waals surface area contributed by atoms with Gasteiger partial charge in [0.1, 0.15) is 17.5 Å². The monoisotopic (exact) mass is 286 g/mol. The van der Waals surface area contributed by atoms with Gasteiger partial charge < -0.3 is 5.32 Å². The Labute approximate surface area is 119 Å². The lowest BCUT2D eigenvalue weighted by Crippen LogP contribution is -2.25. The third-order valence-corrected chi connectivity index (χ3v) is 3.81. The van der Waals surface area contributed by atoms with Crippen molar-refractivity contribution in [2.45, 2.75) is 12.5 Å². The molecule has 0 amide bonds. The van der Waals surface area contributed by atoms with E-state index < -0.39 is 17.7 Å². The molecule has 1 atom stereocenters. The second-order valence-electron chi connectivity index (χ2n) is 5.03. The molecule has 3 heterocycles. The normalized spacial score (nSPS) is 17.5. The molecular weight excluding hydrogens is 274 g/mol. The fourth-order valence-electron chi connectivity index (χ4n) is 2.88. The van der Waals surface area contributed by atoms with Crippen molar-refractivity contribution in [1.29, 1.82) is 0 Å². The van der Waals surface area contributed by atoms with E-state index in [1.165, 1.54) is 18.2 Å². The predicted octanol–water partition coefficient (Wildman–Crippen LogP) is 3.11. The van der Waals surface area contributed by atoms with Crippen LogP contribution in [0.3, 0.4) is 0 Å². The molecule has 1 N–H and O–H groups in total. The van der Waals surface area contributed by atoms with Crippen LogP contribution in [0.2, 0.25) is 0 Å². The van der Waals surface area contributed by atoms with E-state index >= 15 is 0 Å². The molecule has 2 aromatic heterocycles. The number of fused-ring (bicyclic) bond motifs is 3. The molecular formula is C15H12F2N4. The summed E-state index contributed by atoms with van der Waals surface area (Å²) in [6.07, 6.45) is 2.22. The minimum Gasteiger partial charge on any atom is -0.370 e. The SMILES string of the molecule is Fc1cccc(F)c1C1CCNc2c3cccnc3nn21. The largest absolute Gasteiger partial charge is 0.370 e. The summed E-state index contributed by atoms with van der Waals surface area (Å²) in [5.41, 5.74) is 0.636. The lowest BCUT2D eigenvalue weighted by molar-refractivity contribution is 0.435. The second kappa shape index (κ2) is 4.51. The maximum atomic E-state index is 14.1. The van der Waals surface area contributed by atoms with Gasteiger partial charge in [-0.15, -0.1) is 5.10 Å². The molecule has 0 spiro atoms. The van der Waals surface area contributed by atoms with Crippen LogP contribution < -0.4 is 5.32 Å². The molecule has 1 aromatic carbocycles. The molecule has 6 heteroatoms. The minimum absolute atomic E-state index is 0.0630. The van der Waals surface area contributed by atoms with E-state index in [1.54, 1.807) is 10.9 Å². The number of nitrogens with one attached hydrogen (secondary N) is 1. The van der Waals surface area contributed by atoms with Gasteiger partial charge in [0.05, 0.1) is 11.4 Å². The second-order valence-corrected chi connectivity index (χ2v) is 5.03. The first-order chi connectivity index (χ1) is 10.3. The number of halogens is 2. The number of aromatic nitrogens is 3. The highest BCUT2D eigenvalue weighted by Crippen LogP contribution is 2.35. The third kappa shape index (κ3) is 1.79. The number of pyridine rings is 1. The van der Waals surface area contributed by atoms with Crippen molar-refractivity contribution in [3.63, 3.8) is 0 Å². The maximum absolute atomic E-state index is 14.1. The van der Waals surface area contributed by atoms with E-state index in [2.05, 4.69) is 15.4 Å². The molecule has 1 unspecified atom stereocenters. The average Bonchev–Trinajstić information content (AvgIpc) is 2.87. The number of hydrogen-bond acceptors (Lipinski definition) is 3. The van der Waals surface area contributed by atoms with Crippen LogP contribution in [-0.4, -0.2) is 21.3 Å². The Morgan fingerprint density at radius 1 is 1.14 bits per heavy atom. The van der Waals surface area contributed by atoms with Crippen LogP contribution in [0, 0.1) is 11.6 Å². The quantitative estimate of drug-likeness (QED) is 0.747. The molecule has 0 radical (unpaired) electrons. The molecule has 0 bridgehead atoms. The van der Waals surface area contributed by atoms with Crippen LogP contribution >= 0.6 is 0 Å². The Morgan fingerprint density at radius 2 is 1.95 bits per heavy atom. The summed E-state index contributed by atoms with van der Waals surface area (Å²) in [7, 11) is 0. The van der Waals surface area contributed by atoms with Crippen molar-refractivity contribution in [3.05, 3.63) is 53.7 Å². The lowest BCUT2D eigenvalue weighted by Gasteiger charge is -2.26. The highest BCUT2D eigenvalue weighted by atomic mass is 19.1. The Morgan fingerprint density at radius 3 is 2.76 bits per heavy atom. The topological polar surface area (TPSA) is 42.7 Å². The zero-order valence-corrected chi connectivity index (χ0v) is 11.1. The highest BCUT2D eigenvalue weighted by Gasteiger charge is 2.29. The summed E-state index contributed by atoms with van der Waals surface area (Å²) < 4.78 is 29.8. The van der Waals surface area contributed by atoms with Crippen molar-refractivity contribution in [1.82, 2.24) is 14.8 Å². The Hall–Kier alpha value is -2.50. The zero-order chi connectivity index (χ0) is 14.4. The maximum Gasteiger partial charge on any atom is 0.183 e. The minimum atomic E-state index is -0.541. The highest BCUT2D eigenvalue weighted by molar-refractivity contribution is 5.87. The Kier molecular flexibility index (Phi) is 2.63. The van der Waals surface area contributed by atoms with Gasteiger partial charge in [-0.05, 0) is 30.7 Å². The summed E-state index contributed by atoms with van der Waals surface area (Å²) in [5, 5.41) is 8.50. The van der Waals surface area contributed by atoms with Crippen molar-refractivity contribution in [3.8, 4) is 0 Å². The van der Waals surface area contributed by atoms with Crippen molar-refractivity contribution >= 4 is 16.9 Å². The third-order valence-electron chi connectivity index (χ3n) is 3.81. The van der Waals surface area contributed by atoms with E-state index in [0.29, 0.717) is 18.6 Å². The molecule has 1 aliphatic heterocycles. The molecule has 4 nitrogen and oxygen atoms in total. The van der Waals surface area contributed by atoms with Crippen molar-refractivity contribution < 1.29 is 8.78 Å². The van der Waals surface area contributed by atoms with Crippen LogP contribution in [-0.2, 0) is 0 Å². The Balaban J connectivity index is 1.95. The van der Waals surface area contributed by atoms with E-state index in [1.807, 2.05) is 12.1 Å². The first-order valence-electron chi connectivity index (χ1n) is 6.77. The summed E-state index contributed by atoms with van der Waals surface area (Å²) in [6.45, 7) is 0.633. The molecule has 0 fully saturated rings. The van der Waals surface area contributed by atoms with Crippen LogP contribution in [0.5, 0.6) is 0 Å². The number of nitrogens with zero attached hydrogens (tertiary/aromatic N) is 3. The smallest absolute Gasteiger partial charge is 0.183 e. The van der Waals surface area contributed by atoms with Gasteiger partial charge in [-0.1, -0.05) is 6.07 Å². The van der Waals surface area contributed by atoms with E-state index in [-0.39, 0.29) is 5.56 Å². The molecule has 0 aliphatic carbocycles. The van der Waals surface area contributed by atoms with Gasteiger partial charge in [0.2, 0.25) is 0 Å². The lowest BCUT2D eigenvalue weighted by atomic mass is 10.0. The summed E-state index contributed by atoms with van der Waals surface area (Å²) >= 11 is 0. The van der Waals surface area contributed by atoms with Gasteiger partial charge in [-0.3, -0.25) is 0 Å². The van der Waals surface area contributed by atoms with Crippen LogP contribution in [0.15, 0.2) is 36.5 Å². The average molecular weight is 286 g/mol. The van der Waals surface area contributed by atoms with Gasteiger partial charge in [-0.2, -0.15) is 0 Å². The fraction of sp³-hybridized carbons (Fsp3) is 0.200. The molecule has 4 rings (SSSR count). The van der Waals surface area contributed by atoms with Crippen molar-refractivity contribution in [2.75, 3.05) is 11.9 Å². The first-order valence-corrected chi connectivity index (χ1v) is 6.77. The van der Waals surface area contributed by atoms with Gasteiger partial charge in [0, 0.05) is 18.3 Å². The number of anilines is 1. The van der Waals surface area contributed by atoms with Crippen molar-refractivity contribution in [2.24, 2.45) is 0 Å². The van der Waals surface area contributed by atoms with Crippen LogP contribution in [0.25, 0.3) is 11.0 Å². The van der Waals surface area contributed by atoms with E-state index in [4.69, 9.17) is 0 Å². The zero-order valence-electron chi connectivity index (χ0n) is 11.1. The predicted molar refractivity (Wildman–Crippen MR) is 75.1 cm³/mol. The first kappa shape index (κ1) is 12.3. The standard InChI is InChI=1S/C15H12F2N4/c16-10-4-1-5-11(17)13(10)12-6-8-19-15-9-3-2-7-18-14(9)20-21(12)15/h1-5,7,12,19H,6,8H2. The molecule has 0 saturated carbocycles. The summed E-state index contributed by atoms with van der Waals surface area (Å²) in [5.74, 6) is -0.322. The van der Waals surface area contributed by atoms with Crippen LogP contribution in [0.4, 0.5) is 14.6 Å². The molecule has 21 heavy (non-hydrogen) atoms. The number of rotatable bonds is 1. The fourth-order valence-corrected chi connectivity index (χ4v) is 2.88. The Bertz CT molecular complexity index is 807. The van der Waals surface area contributed by atoms with E-state index in [0.717, 1.165) is 11.2 Å². The van der Waals surface area contributed by atoms with Gasteiger partial charge >= 0.3 is 0 Å².